The third-order valence-corrected chi connectivity index (χ3v) is 3.55. The fraction of sp³-hybridized carbons (Fsp3) is 0.667. The molecule has 102 valence electrons. The summed E-state index contributed by atoms with van der Waals surface area (Å²) in [4.78, 5) is 6.53. The highest BCUT2D eigenvalue weighted by molar-refractivity contribution is 5.09. The molecule has 1 aromatic rings. The van der Waals surface area contributed by atoms with Gasteiger partial charge < -0.3 is 5.73 Å². The van der Waals surface area contributed by atoms with Gasteiger partial charge >= 0.3 is 0 Å². The Morgan fingerprint density at radius 2 is 1.94 bits per heavy atom. The molecule has 0 saturated carbocycles. The van der Waals surface area contributed by atoms with Crippen molar-refractivity contribution in [2.45, 2.75) is 40.2 Å². The average Bonchev–Trinajstić information content (AvgIpc) is 2.39. The van der Waals surface area contributed by atoms with Gasteiger partial charge in [0.15, 0.2) is 0 Å². The van der Waals surface area contributed by atoms with Crippen LogP contribution < -0.4 is 5.73 Å². The van der Waals surface area contributed by atoms with Gasteiger partial charge in [0.25, 0.3) is 0 Å². The molecule has 1 atom stereocenters. The second-order valence-corrected chi connectivity index (χ2v) is 5.42. The normalized spacial score (nSPS) is 14.7. The van der Waals surface area contributed by atoms with Crippen molar-refractivity contribution in [2.75, 3.05) is 19.6 Å². The quantitative estimate of drug-likeness (QED) is 0.770. The summed E-state index contributed by atoms with van der Waals surface area (Å²) in [5.41, 5.74) is 7.51. The van der Waals surface area contributed by atoms with Crippen LogP contribution >= 0.6 is 0 Å². The molecule has 0 amide bonds. The molecule has 0 saturated heterocycles. The molecule has 1 rings (SSSR count). The number of pyridine rings is 1. The second kappa shape index (κ2) is 7.49. The van der Waals surface area contributed by atoms with Gasteiger partial charge in [0, 0.05) is 25.5 Å². The first kappa shape index (κ1) is 15.1. The maximum Gasteiger partial charge on any atom is 0.0271 e. The Balaban J connectivity index is 2.61. The van der Waals surface area contributed by atoms with Crippen molar-refractivity contribution in [1.29, 1.82) is 0 Å². The van der Waals surface area contributed by atoms with E-state index in [2.05, 4.69) is 42.8 Å². The van der Waals surface area contributed by atoms with Gasteiger partial charge in [-0.1, -0.05) is 27.2 Å². The van der Waals surface area contributed by atoms with Crippen LogP contribution in [-0.2, 0) is 6.54 Å². The van der Waals surface area contributed by atoms with E-state index in [4.69, 9.17) is 5.73 Å². The summed E-state index contributed by atoms with van der Waals surface area (Å²) >= 11 is 0. The van der Waals surface area contributed by atoms with E-state index in [9.17, 15) is 0 Å². The molecule has 0 aliphatic rings. The first-order valence-electron chi connectivity index (χ1n) is 6.95. The van der Waals surface area contributed by atoms with Crippen LogP contribution in [0.3, 0.4) is 0 Å². The highest BCUT2D eigenvalue weighted by Crippen LogP contribution is 2.23. The Hall–Kier alpha value is -0.930. The molecule has 1 heterocycles. The maximum atomic E-state index is 5.95. The molecule has 2 N–H and O–H groups in total. The lowest BCUT2D eigenvalue weighted by atomic mass is 9.85. The van der Waals surface area contributed by atoms with E-state index >= 15 is 0 Å². The van der Waals surface area contributed by atoms with E-state index < -0.39 is 0 Å². The van der Waals surface area contributed by atoms with Crippen molar-refractivity contribution in [1.82, 2.24) is 9.88 Å². The monoisotopic (exact) mass is 249 g/mol. The third-order valence-electron chi connectivity index (χ3n) is 3.55. The summed E-state index contributed by atoms with van der Waals surface area (Å²) in [6.07, 6.45) is 6.10. The first-order valence-corrected chi connectivity index (χ1v) is 6.95. The number of nitrogens with zero attached hydrogens (tertiary/aromatic N) is 2. The van der Waals surface area contributed by atoms with E-state index in [0.29, 0.717) is 0 Å². The fourth-order valence-corrected chi connectivity index (χ4v) is 2.41. The molecule has 0 radical (unpaired) electrons. The van der Waals surface area contributed by atoms with Crippen LogP contribution in [0.4, 0.5) is 0 Å². The van der Waals surface area contributed by atoms with Gasteiger partial charge in [0.05, 0.1) is 0 Å². The minimum absolute atomic E-state index is 0.234. The molecule has 1 unspecified atom stereocenters. The van der Waals surface area contributed by atoms with Gasteiger partial charge in [-0.05, 0) is 42.6 Å². The third kappa shape index (κ3) is 4.75. The Morgan fingerprint density at radius 3 is 2.44 bits per heavy atom. The number of hydrogen-bond donors (Lipinski definition) is 1. The fourth-order valence-electron chi connectivity index (χ4n) is 2.41. The van der Waals surface area contributed by atoms with Crippen molar-refractivity contribution in [2.24, 2.45) is 11.1 Å². The summed E-state index contributed by atoms with van der Waals surface area (Å²) in [5.74, 6) is 0. The topological polar surface area (TPSA) is 42.1 Å². The minimum Gasteiger partial charge on any atom is -0.330 e. The minimum atomic E-state index is 0.234. The van der Waals surface area contributed by atoms with Crippen LogP contribution in [0.2, 0.25) is 0 Å². The standard InChI is InChI=1S/C15H27N3/c1-4-8-15(3,12-16)13-18(5-2)11-14-6-9-17-10-7-14/h6-7,9-10H,4-5,8,11-13,16H2,1-3H3. The van der Waals surface area contributed by atoms with Crippen LogP contribution in [0, 0.1) is 5.41 Å². The predicted octanol–water partition coefficient (Wildman–Crippen LogP) is 2.67. The number of aromatic nitrogens is 1. The van der Waals surface area contributed by atoms with Crippen molar-refractivity contribution in [3.63, 3.8) is 0 Å². The molecule has 0 bridgehead atoms. The van der Waals surface area contributed by atoms with Crippen molar-refractivity contribution >= 4 is 0 Å². The lowest BCUT2D eigenvalue weighted by Crippen LogP contribution is -2.40. The SMILES string of the molecule is CCCC(C)(CN)CN(CC)Cc1ccncc1. The summed E-state index contributed by atoms with van der Waals surface area (Å²) in [6.45, 7) is 10.6. The Labute approximate surface area is 111 Å². The van der Waals surface area contributed by atoms with Crippen molar-refractivity contribution < 1.29 is 0 Å². The second-order valence-electron chi connectivity index (χ2n) is 5.42. The van der Waals surface area contributed by atoms with Crippen LogP contribution in [0.15, 0.2) is 24.5 Å². The number of hydrogen-bond acceptors (Lipinski definition) is 3. The summed E-state index contributed by atoms with van der Waals surface area (Å²) in [5, 5.41) is 0. The molecule has 3 nitrogen and oxygen atoms in total. The van der Waals surface area contributed by atoms with Crippen molar-refractivity contribution in [3.8, 4) is 0 Å². The molecule has 0 spiro atoms. The molecule has 3 heteroatoms. The van der Waals surface area contributed by atoms with Gasteiger partial charge in [0.2, 0.25) is 0 Å². The molecular weight excluding hydrogens is 222 g/mol. The number of nitrogens with two attached hydrogens (primary N) is 1. The Bertz CT molecular complexity index is 326. The molecule has 0 aromatic carbocycles. The van der Waals surface area contributed by atoms with Crippen LogP contribution in [0.1, 0.15) is 39.2 Å². The van der Waals surface area contributed by atoms with Crippen molar-refractivity contribution in [3.05, 3.63) is 30.1 Å². The smallest absolute Gasteiger partial charge is 0.0271 e. The maximum absolute atomic E-state index is 5.95. The van der Waals surface area contributed by atoms with E-state index in [1.165, 1.54) is 18.4 Å². The zero-order chi connectivity index (χ0) is 13.4. The van der Waals surface area contributed by atoms with Crippen LogP contribution in [-0.4, -0.2) is 29.5 Å². The Kier molecular flexibility index (Phi) is 6.30. The molecule has 18 heavy (non-hydrogen) atoms. The van der Waals surface area contributed by atoms with Gasteiger partial charge in [-0.3, -0.25) is 9.88 Å². The van der Waals surface area contributed by atoms with Crippen LogP contribution in [0.5, 0.6) is 0 Å². The summed E-state index contributed by atoms with van der Waals surface area (Å²) in [7, 11) is 0. The zero-order valence-corrected chi connectivity index (χ0v) is 12.0. The van der Waals surface area contributed by atoms with Crippen LogP contribution in [0.25, 0.3) is 0 Å². The molecule has 0 fully saturated rings. The zero-order valence-electron chi connectivity index (χ0n) is 12.0. The first-order chi connectivity index (χ1) is 8.63. The average molecular weight is 249 g/mol. The summed E-state index contributed by atoms with van der Waals surface area (Å²) < 4.78 is 0. The predicted molar refractivity (Wildman–Crippen MR) is 77.3 cm³/mol. The largest absolute Gasteiger partial charge is 0.330 e. The van der Waals surface area contributed by atoms with Gasteiger partial charge in [-0.15, -0.1) is 0 Å². The van der Waals surface area contributed by atoms with Gasteiger partial charge in [-0.2, -0.15) is 0 Å². The summed E-state index contributed by atoms with van der Waals surface area (Å²) in [6, 6.07) is 4.17. The van der Waals surface area contributed by atoms with E-state index in [0.717, 1.165) is 26.2 Å². The van der Waals surface area contributed by atoms with Gasteiger partial charge in [0.1, 0.15) is 0 Å². The lowest BCUT2D eigenvalue weighted by Gasteiger charge is -2.34. The highest BCUT2D eigenvalue weighted by atomic mass is 15.1. The molecule has 1 aromatic heterocycles. The highest BCUT2D eigenvalue weighted by Gasteiger charge is 2.24. The molecule has 0 aliphatic heterocycles. The van der Waals surface area contributed by atoms with E-state index in [-0.39, 0.29) is 5.41 Å². The number of rotatable bonds is 8. The lowest BCUT2D eigenvalue weighted by molar-refractivity contribution is 0.158. The van der Waals surface area contributed by atoms with E-state index in [1.807, 2.05) is 12.4 Å². The molecular formula is C15H27N3. The van der Waals surface area contributed by atoms with E-state index in [1.54, 1.807) is 0 Å². The molecule has 0 aliphatic carbocycles. The Morgan fingerprint density at radius 1 is 1.28 bits per heavy atom. The van der Waals surface area contributed by atoms with Gasteiger partial charge in [-0.25, -0.2) is 0 Å².